The smallest absolute Gasteiger partial charge is 0.368 e. The van der Waals surface area contributed by atoms with Crippen molar-refractivity contribution >= 4 is 7.32 Å². The topological polar surface area (TPSA) is 68.2 Å². The van der Waals surface area contributed by atoms with Crippen molar-refractivity contribution in [3.63, 3.8) is 0 Å². The fourth-order valence-electron chi connectivity index (χ4n) is 1.06. The van der Waals surface area contributed by atoms with Crippen LogP contribution in [0.5, 0.6) is 0 Å². The van der Waals surface area contributed by atoms with Gasteiger partial charge in [-0.15, -0.1) is 0 Å². The molecule has 5 nitrogen and oxygen atoms in total. The van der Waals surface area contributed by atoms with Gasteiger partial charge < -0.3 is 24.2 Å². The quantitative estimate of drug-likeness (QED) is 0.446. The Morgan fingerprint density at radius 3 is 2.27 bits per heavy atom. The van der Waals surface area contributed by atoms with Crippen molar-refractivity contribution in [1.29, 1.82) is 0 Å². The summed E-state index contributed by atoms with van der Waals surface area (Å²) in [5.41, 5.74) is -0.957. The molecule has 62 valence electrons. The van der Waals surface area contributed by atoms with Gasteiger partial charge in [0.15, 0.2) is 6.29 Å². The molecule has 0 aromatic carbocycles. The number of aliphatic hydroxyl groups is 2. The molecule has 1 unspecified atom stereocenters. The molecule has 3 aliphatic rings. The van der Waals surface area contributed by atoms with Gasteiger partial charge in [-0.3, -0.25) is 0 Å². The second kappa shape index (κ2) is 1.78. The van der Waals surface area contributed by atoms with Crippen molar-refractivity contribution in [3.8, 4) is 0 Å². The molecule has 0 spiro atoms. The lowest BCUT2D eigenvalue weighted by Gasteiger charge is -2.56. The van der Waals surface area contributed by atoms with Crippen LogP contribution in [0.25, 0.3) is 0 Å². The van der Waals surface area contributed by atoms with E-state index >= 15 is 0 Å². The molecule has 1 atom stereocenters. The molecule has 0 radical (unpaired) electrons. The van der Waals surface area contributed by atoms with Gasteiger partial charge in [-0.1, -0.05) is 0 Å². The first kappa shape index (κ1) is 7.51. The number of rotatable bonds is 0. The van der Waals surface area contributed by atoms with E-state index in [-0.39, 0.29) is 0 Å². The Hall–Kier alpha value is -0.135. The first-order valence-electron chi connectivity index (χ1n) is 3.37. The summed E-state index contributed by atoms with van der Waals surface area (Å²) in [5.74, 6) is -1.69. The van der Waals surface area contributed by atoms with E-state index in [4.69, 9.17) is 14.0 Å². The lowest BCUT2D eigenvalue weighted by atomic mass is 9.81. The van der Waals surface area contributed by atoms with E-state index in [0.29, 0.717) is 0 Å². The van der Waals surface area contributed by atoms with Gasteiger partial charge in [0.1, 0.15) is 0 Å². The third-order valence-electron chi connectivity index (χ3n) is 2.18. The Morgan fingerprint density at radius 2 is 1.91 bits per heavy atom. The van der Waals surface area contributed by atoms with Crippen LogP contribution in [0, 0.1) is 5.41 Å². The Morgan fingerprint density at radius 1 is 1.36 bits per heavy atom. The molecule has 0 saturated carbocycles. The molecule has 0 amide bonds. The fourth-order valence-corrected chi connectivity index (χ4v) is 1.06. The van der Waals surface area contributed by atoms with E-state index in [1.807, 2.05) is 0 Å². The Bertz CT molecular complexity index is 185. The Labute approximate surface area is 64.0 Å². The highest BCUT2D eigenvalue weighted by molar-refractivity contribution is 6.39. The highest BCUT2D eigenvalue weighted by Gasteiger charge is 2.69. The van der Waals surface area contributed by atoms with Crippen LogP contribution in [0.3, 0.4) is 0 Å². The third-order valence-corrected chi connectivity index (χ3v) is 2.18. The van der Waals surface area contributed by atoms with Crippen LogP contribution in [0.2, 0.25) is 0 Å². The minimum absolute atomic E-state index is 0.914. The number of fused-ring (bicyclic) bond motifs is 2. The van der Waals surface area contributed by atoms with Crippen LogP contribution in [-0.2, 0) is 14.0 Å². The van der Waals surface area contributed by atoms with Gasteiger partial charge >= 0.3 is 7.32 Å². The SMILES string of the molecule is CC1(C)C(O)OB2OC1(O)O2. The number of aliphatic hydroxyl groups excluding tert-OH is 1. The molecule has 6 heteroatoms. The van der Waals surface area contributed by atoms with E-state index in [1.165, 1.54) is 0 Å². The van der Waals surface area contributed by atoms with Gasteiger partial charge in [-0.2, -0.15) is 0 Å². The number of hydrogen-bond acceptors (Lipinski definition) is 5. The number of hydrogen-bond donors (Lipinski definition) is 2. The van der Waals surface area contributed by atoms with Gasteiger partial charge in [0.2, 0.25) is 0 Å². The highest BCUT2D eigenvalue weighted by atomic mass is 17.0. The van der Waals surface area contributed by atoms with E-state index < -0.39 is 25.0 Å². The maximum absolute atomic E-state index is 9.45. The standard InChI is InChI=1S/C5H9BO5/c1-4(2)3(7)9-6-10-5(4,8)11-6/h3,7-8H,1-2H3. The first-order chi connectivity index (χ1) is 4.96. The van der Waals surface area contributed by atoms with Gasteiger partial charge in [0.25, 0.3) is 5.97 Å². The van der Waals surface area contributed by atoms with Crippen molar-refractivity contribution in [2.45, 2.75) is 26.1 Å². The summed E-state index contributed by atoms with van der Waals surface area (Å²) in [6.45, 7) is 3.18. The molecule has 3 aliphatic heterocycles. The van der Waals surface area contributed by atoms with Gasteiger partial charge in [0, 0.05) is 0 Å². The maximum Gasteiger partial charge on any atom is 0.649 e. The largest absolute Gasteiger partial charge is 0.649 e. The van der Waals surface area contributed by atoms with Crippen LogP contribution in [0.1, 0.15) is 13.8 Å². The third kappa shape index (κ3) is 0.732. The van der Waals surface area contributed by atoms with Gasteiger partial charge in [-0.25, -0.2) is 0 Å². The van der Waals surface area contributed by atoms with Crippen molar-refractivity contribution in [2.75, 3.05) is 0 Å². The van der Waals surface area contributed by atoms with Crippen molar-refractivity contribution in [2.24, 2.45) is 5.41 Å². The second-order valence-electron chi connectivity index (χ2n) is 3.32. The monoisotopic (exact) mass is 160 g/mol. The molecule has 3 saturated heterocycles. The van der Waals surface area contributed by atoms with E-state index in [9.17, 15) is 10.2 Å². The Balaban J connectivity index is 2.26. The molecule has 11 heavy (non-hydrogen) atoms. The molecular formula is C5H9BO5. The summed E-state index contributed by atoms with van der Waals surface area (Å²) in [6.07, 6.45) is -1.06. The van der Waals surface area contributed by atoms with Crippen molar-refractivity contribution in [1.82, 2.24) is 0 Å². The van der Waals surface area contributed by atoms with Crippen LogP contribution >= 0.6 is 0 Å². The molecule has 2 N–H and O–H groups in total. The molecular weight excluding hydrogens is 151 g/mol. The summed E-state index contributed by atoms with van der Waals surface area (Å²) in [5, 5.41) is 18.7. The average molecular weight is 160 g/mol. The van der Waals surface area contributed by atoms with Crippen molar-refractivity contribution < 1.29 is 24.2 Å². The predicted molar refractivity (Wildman–Crippen MR) is 33.7 cm³/mol. The van der Waals surface area contributed by atoms with Gasteiger partial charge in [0.05, 0.1) is 5.41 Å². The minimum atomic E-state index is -1.69. The summed E-state index contributed by atoms with van der Waals surface area (Å²) < 4.78 is 14.4. The molecule has 0 aliphatic carbocycles. The molecule has 3 rings (SSSR count). The maximum atomic E-state index is 9.45. The lowest BCUT2D eigenvalue weighted by molar-refractivity contribution is -0.473. The summed E-state index contributed by atoms with van der Waals surface area (Å²) >= 11 is 0. The molecule has 0 aromatic rings. The molecule has 3 heterocycles. The molecule has 3 fully saturated rings. The van der Waals surface area contributed by atoms with Crippen LogP contribution in [0.4, 0.5) is 0 Å². The lowest BCUT2D eigenvalue weighted by Crippen LogP contribution is -2.74. The molecule has 0 aromatic heterocycles. The average Bonchev–Trinajstić information content (AvgIpc) is 1.79. The predicted octanol–water partition coefficient (Wildman–Crippen LogP) is -0.961. The zero-order chi connectivity index (χ0) is 8.28. The first-order valence-corrected chi connectivity index (χ1v) is 3.37. The van der Waals surface area contributed by atoms with Crippen LogP contribution < -0.4 is 0 Å². The zero-order valence-corrected chi connectivity index (χ0v) is 6.27. The second-order valence-corrected chi connectivity index (χ2v) is 3.32. The minimum Gasteiger partial charge on any atom is -0.368 e. The normalized spacial score (nSPS) is 38.2. The van der Waals surface area contributed by atoms with E-state index in [2.05, 4.69) is 0 Å². The van der Waals surface area contributed by atoms with E-state index in [0.717, 1.165) is 0 Å². The van der Waals surface area contributed by atoms with E-state index in [1.54, 1.807) is 13.8 Å². The Kier molecular flexibility index (Phi) is 1.22. The molecule has 2 bridgehead atoms. The summed E-state index contributed by atoms with van der Waals surface area (Å²) in [6, 6.07) is 0. The van der Waals surface area contributed by atoms with Crippen LogP contribution in [-0.4, -0.2) is 29.8 Å². The van der Waals surface area contributed by atoms with Gasteiger partial charge in [-0.05, 0) is 13.8 Å². The fraction of sp³-hybridized carbons (Fsp3) is 1.00. The highest BCUT2D eigenvalue weighted by Crippen LogP contribution is 2.48. The summed E-state index contributed by atoms with van der Waals surface area (Å²) in [4.78, 5) is 0. The zero-order valence-electron chi connectivity index (χ0n) is 6.27. The van der Waals surface area contributed by atoms with Crippen LogP contribution in [0.15, 0.2) is 0 Å². The van der Waals surface area contributed by atoms with Crippen molar-refractivity contribution in [3.05, 3.63) is 0 Å². The summed E-state index contributed by atoms with van der Waals surface area (Å²) in [7, 11) is -0.914.